The molecule has 0 aliphatic carbocycles. The summed E-state index contributed by atoms with van der Waals surface area (Å²) in [7, 11) is 0. The molecule has 14 nitrogen and oxygen atoms in total. The molecule has 4 rings (SSSR count). The Hall–Kier alpha value is -5.88. The summed E-state index contributed by atoms with van der Waals surface area (Å²) in [5.74, 6) is -2.81. The Kier molecular flexibility index (Phi) is 10.9. The van der Waals surface area contributed by atoms with Crippen LogP contribution in [0.2, 0.25) is 0 Å². The number of ether oxygens (including phenoxy) is 1. The van der Waals surface area contributed by atoms with Gasteiger partial charge in [0, 0.05) is 18.2 Å². The van der Waals surface area contributed by atoms with E-state index in [0.29, 0.717) is 22.6 Å². The van der Waals surface area contributed by atoms with Crippen LogP contribution in [-0.2, 0) is 16.1 Å². The van der Waals surface area contributed by atoms with Gasteiger partial charge in [-0.3, -0.25) is 14.4 Å². The maximum absolute atomic E-state index is 14.4. The van der Waals surface area contributed by atoms with Crippen LogP contribution in [0.5, 0.6) is 5.75 Å². The number of halogens is 1. The maximum Gasteiger partial charge on any atom is 0.290 e. The SMILES string of the molecule is Cc1ccc(CNC(=O)C(COc2cccc(C=C(C#N)n3cncn3)c2)NC(=O)C(NC(=O)c2cc(C)no2)C(C)O)c(F)c1. The number of hydrogen-bond donors (Lipinski definition) is 4. The number of benzene rings is 2. The van der Waals surface area contributed by atoms with Gasteiger partial charge in [0.2, 0.25) is 17.6 Å². The Morgan fingerprint density at radius 1 is 1.15 bits per heavy atom. The number of aryl methyl sites for hydroxylation is 2. The van der Waals surface area contributed by atoms with Crippen LogP contribution >= 0.6 is 0 Å². The highest BCUT2D eigenvalue weighted by Crippen LogP contribution is 2.18. The van der Waals surface area contributed by atoms with Crippen molar-refractivity contribution in [2.24, 2.45) is 0 Å². The summed E-state index contributed by atoms with van der Waals surface area (Å²) in [5, 5.41) is 34.9. The van der Waals surface area contributed by atoms with E-state index in [0.717, 1.165) is 0 Å². The molecular weight excluding hydrogens is 599 g/mol. The molecule has 4 aromatic rings. The van der Waals surface area contributed by atoms with Crippen molar-refractivity contribution in [2.75, 3.05) is 6.61 Å². The van der Waals surface area contributed by atoms with Gasteiger partial charge < -0.3 is 30.3 Å². The molecule has 2 heterocycles. The molecule has 46 heavy (non-hydrogen) atoms. The predicted molar refractivity (Wildman–Crippen MR) is 161 cm³/mol. The first-order chi connectivity index (χ1) is 22.0. The normalized spacial score (nSPS) is 13.2. The molecule has 0 spiro atoms. The van der Waals surface area contributed by atoms with Gasteiger partial charge in [0.15, 0.2) is 0 Å². The van der Waals surface area contributed by atoms with Crippen LogP contribution in [0.25, 0.3) is 11.8 Å². The summed E-state index contributed by atoms with van der Waals surface area (Å²) < 4.78 is 26.5. The summed E-state index contributed by atoms with van der Waals surface area (Å²) in [4.78, 5) is 43.1. The number of nitrogens with one attached hydrogen (secondary N) is 3. The van der Waals surface area contributed by atoms with Crippen LogP contribution in [0.1, 0.15) is 39.9 Å². The number of aromatic nitrogens is 4. The molecule has 4 N–H and O–H groups in total. The quantitative estimate of drug-likeness (QED) is 0.158. The lowest BCUT2D eigenvalue weighted by Crippen LogP contribution is -2.58. The van der Waals surface area contributed by atoms with E-state index >= 15 is 0 Å². The molecule has 238 valence electrons. The average Bonchev–Trinajstić information content (AvgIpc) is 3.72. The van der Waals surface area contributed by atoms with Crippen LogP contribution in [0.15, 0.2) is 65.7 Å². The van der Waals surface area contributed by atoms with E-state index in [4.69, 9.17) is 9.26 Å². The van der Waals surface area contributed by atoms with Gasteiger partial charge in [-0.05, 0) is 56.2 Å². The van der Waals surface area contributed by atoms with Crippen molar-refractivity contribution in [1.29, 1.82) is 5.26 Å². The standard InChI is InChI=1S/C31H31FN8O6/c1-18-7-8-22(25(32)9-18)14-35-29(42)26(37-31(44)28(20(3)41)38-30(43)27-10-19(2)39-46-27)15-45-24-6-4-5-21(12-24)11-23(13-33)40-17-34-16-36-40/h4-12,16-17,20,26,28,41H,14-15H2,1-3H3,(H,35,42)(H,37,44)(H,38,43). The Morgan fingerprint density at radius 2 is 1.96 bits per heavy atom. The van der Waals surface area contributed by atoms with E-state index in [1.807, 2.05) is 6.07 Å². The minimum atomic E-state index is -1.49. The number of hydrogen-bond acceptors (Lipinski definition) is 10. The van der Waals surface area contributed by atoms with Gasteiger partial charge in [-0.15, -0.1) is 0 Å². The number of carbonyl (C=O) groups excluding carboxylic acids is 3. The summed E-state index contributed by atoms with van der Waals surface area (Å²) in [6, 6.07) is 11.7. The van der Waals surface area contributed by atoms with Gasteiger partial charge in [0.1, 0.15) is 54.7 Å². The molecule has 15 heteroatoms. The molecule has 0 bridgehead atoms. The highest BCUT2D eigenvalue weighted by Gasteiger charge is 2.31. The Bertz CT molecular complexity index is 1760. The number of nitrogens with zero attached hydrogens (tertiary/aromatic N) is 5. The second-order valence-corrected chi connectivity index (χ2v) is 10.3. The topological polar surface area (TPSA) is 197 Å². The lowest BCUT2D eigenvalue weighted by Gasteiger charge is -2.24. The third-order valence-electron chi connectivity index (χ3n) is 6.56. The van der Waals surface area contributed by atoms with Crippen molar-refractivity contribution < 1.29 is 33.1 Å². The van der Waals surface area contributed by atoms with E-state index in [9.17, 15) is 29.1 Å². The summed E-state index contributed by atoms with van der Waals surface area (Å²) in [6.07, 6.45) is 2.84. The van der Waals surface area contributed by atoms with Gasteiger partial charge in [-0.2, -0.15) is 10.4 Å². The number of rotatable bonds is 13. The van der Waals surface area contributed by atoms with Gasteiger partial charge in [0.25, 0.3) is 5.91 Å². The number of amides is 3. The van der Waals surface area contributed by atoms with Crippen molar-refractivity contribution in [3.05, 3.63) is 95.1 Å². The average molecular weight is 631 g/mol. The van der Waals surface area contributed by atoms with Crippen LogP contribution in [-0.4, -0.2) is 67.5 Å². The molecular formula is C31H31FN8O6. The van der Waals surface area contributed by atoms with Crippen LogP contribution < -0.4 is 20.7 Å². The smallest absolute Gasteiger partial charge is 0.290 e. The maximum atomic E-state index is 14.4. The summed E-state index contributed by atoms with van der Waals surface area (Å²) in [5.41, 5.74) is 2.13. The van der Waals surface area contributed by atoms with Crippen molar-refractivity contribution in [2.45, 2.75) is 45.5 Å². The second kappa shape index (κ2) is 15.2. The van der Waals surface area contributed by atoms with E-state index in [1.165, 1.54) is 42.5 Å². The third kappa shape index (κ3) is 8.83. The van der Waals surface area contributed by atoms with Crippen LogP contribution in [0.4, 0.5) is 4.39 Å². The molecule has 0 aliphatic rings. The lowest BCUT2D eigenvalue weighted by molar-refractivity contribution is -0.132. The molecule has 0 fully saturated rings. The third-order valence-corrected chi connectivity index (χ3v) is 6.56. The molecule has 0 saturated carbocycles. The predicted octanol–water partition coefficient (Wildman–Crippen LogP) is 1.90. The Balaban J connectivity index is 1.51. The van der Waals surface area contributed by atoms with E-state index in [-0.39, 0.29) is 23.6 Å². The molecule has 3 unspecified atom stereocenters. The lowest BCUT2D eigenvalue weighted by atomic mass is 10.1. The van der Waals surface area contributed by atoms with E-state index < -0.39 is 48.3 Å². The largest absolute Gasteiger partial charge is 0.491 e. The number of nitriles is 1. The van der Waals surface area contributed by atoms with Crippen molar-refractivity contribution in [3.8, 4) is 11.8 Å². The summed E-state index contributed by atoms with van der Waals surface area (Å²) in [6.45, 7) is 4.05. The van der Waals surface area contributed by atoms with Gasteiger partial charge in [-0.25, -0.2) is 14.1 Å². The van der Waals surface area contributed by atoms with Gasteiger partial charge >= 0.3 is 0 Å². The fraction of sp³-hybridized carbons (Fsp3) is 0.258. The highest BCUT2D eigenvalue weighted by molar-refractivity contribution is 5.97. The number of carbonyl (C=O) groups is 3. The summed E-state index contributed by atoms with van der Waals surface area (Å²) >= 11 is 0. The molecule has 0 saturated heterocycles. The number of aliphatic hydroxyl groups excluding tert-OH is 1. The van der Waals surface area contributed by atoms with Crippen molar-refractivity contribution in [3.63, 3.8) is 0 Å². The van der Waals surface area contributed by atoms with Gasteiger partial charge in [0.05, 0.1) is 11.8 Å². The van der Waals surface area contributed by atoms with Gasteiger partial charge in [-0.1, -0.05) is 29.4 Å². The van der Waals surface area contributed by atoms with Crippen molar-refractivity contribution >= 4 is 29.5 Å². The Labute approximate surface area is 262 Å². The minimum Gasteiger partial charge on any atom is -0.491 e. The molecule has 2 aromatic heterocycles. The molecule has 0 aliphatic heterocycles. The molecule has 0 radical (unpaired) electrons. The zero-order chi connectivity index (χ0) is 33.2. The van der Waals surface area contributed by atoms with Crippen molar-refractivity contribution in [1.82, 2.24) is 35.9 Å². The molecule has 2 aromatic carbocycles. The van der Waals surface area contributed by atoms with E-state index in [1.54, 1.807) is 50.3 Å². The Morgan fingerprint density at radius 3 is 2.61 bits per heavy atom. The molecule has 3 atom stereocenters. The fourth-order valence-electron chi connectivity index (χ4n) is 4.15. The first-order valence-electron chi connectivity index (χ1n) is 14.0. The zero-order valence-electron chi connectivity index (χ0n) is 25.1. The highest BCUT2D eigenvalue weighted by atomic mass is 19.1. The number of allylic oxidation sites excluding steroid dienone is 1. The second-order valence-electron chi connectivity index (χ2n) is 10.3. The number of aliphatic hydroxyl groups is 1. The first-order valence-corrected chi connectivity index (χ1v) is 14.0. The molecule has 3 amide bonds. The minimum absolute atomic E-state index is 0.175. The zero-order valence-corrected chi connectivity index (χ0v) is 25.1. The monoisotopic (exact) mass is 630 g/mol. The van der Waals surface area contributed by atoms with E-state index in [2.05, 4.69) is 31.2 Å². The van der Waals surface area contributed by atoms with Crippen LogP contribution in [0, 0.1) is 31.0 Å². The van der Waals surface area contributed by atoms with Crippen LogP contribution in [0.3, 0.4) is 0 Å². The first kappa shape index (κ1) is 33.0. The fourth-order valence-corrected chi connectivity index (χ4v) is 4.15.